The Morgan fingerprint density at radius 3 is 3.09 bits per heavy atom. The van der Waals surface area contributed by atoms with E-state index in [4.69, 9.17) is 5.73 Å². The van der Waals surface area contributed by atoms with Gasteiger partial charge in [-0.15, -0.1) is 0 Å². The first-order valence-electron chi connectivity index (χ1n) is 2.97. The summed E-state index contributed by atoms with van der Waals surface area (Å²) in [5, 5.41) is 4.58. The van der Waals surface area contributed by atoms with Gasteiger partial charge >= 0.3 is 0 Å². The number of nitrogens with two attached hydrogens (primary N) is 1. The second-order valence-electron chi connectivity index (χ2n) is 1.94. The third-order valence-corrected chi connectivity index (χ3v) is 2.02. The third kappa shape index (κ3) is 2.90. The fraction of sp³-hybridized carbons (Fsp3) is 0.167. The fourth-order valence-corrected chi connectivity index (χ4v) is 1.26. The molecule has 0 radical (unpaired) electrons. The zero-order valence-electron chi connectivity index (χ0n) is 5.80. The van der Waals surface area contributed by atoms with Crippen LogP contribution in [0, 0.1) is 0 Å². The Balaban J connectivity index is 2.45. The quantitative estimate of drug-likeness (QED) is 0.841. The molecule has 5 heteroatoms. The van der Waals surface area contributed by atoms with Gasteiger partial charge in [-0.3, -0.25) is 0 Å². The van der Waals surface area contributed by atoms with E-state index in [1.165, 1.54) is 11.3 Å². The highest BCUT2D eigenvalue weighted by Gasteiger charge is 1.96. The highest BCUT2D eigenvalue weighted by atomic mass is 79.9. The van der Waals surface area contributed by atoms with Gasteiger partial charge in [0.2, 0.25) is 0 Å². The topological polar surface area (TPSA) is 50.9 Å². The predicted octanol–water partition coefficient (Wildman–Crippen LogP) is 2.05. The Hall–Kier alpha value is -0.550. The van der Waals surface area contributed by atoms with Gasteiger partial charge in [0.05, 0.1) is 6.20 Å². The second kappa shape index (κ2) is 3.73. The van der Waals surface area contributed by atoms with E-state index in [1.807, 2.05) is 0 Å². The molecule has 0 bridgehead atoms. The maximum atomic E-state index is 5.47. The van der Waals surface area contributed by atoms with Crippen LogP contribution in [0.3, 0.4) is 0 Å². The highest BCUT2D eigenvalue weighted by Crippen LogP contribution is 2.19. The molecule has 0 aromatic carbocycles. The largest absolute Gasteiger partial charge is 0.389 e. The minimum Gasteiger partial charge on any atom is -0.389 e. The molecule has 3 nitrogen and oxygen atoms in total. The lowest BCUT2D eigenvalue weighted by molar-refractivity contribution is 1.28. The molecular formula is C6H8BrN3S. The van der Waals surface area contributed by atoms with Crippen molar-refractivity contribution in [1.82, 2.24) is 4.98 Å². The van der Waals surface area contributed by atoms with Gasteiger partial charge in [-0.1, -0.05) is 33.8 Å². The minimum absolute atomic E-state index is 0.674. The fourth-order valence-electron chi connectivity index (χ4n) is 0.540. The number of halogens is 1. The number of aromatic nitrogens is 1. The first kappa shape index (κ1) is 8.55. The summed E-state index contributed by atoms with van der Waals surface area (Å²) in [5.74, 6) is 0. The molecule has 0 aliphatic rings. The molecule has 3 N–H and O–H groups in total. The highest BCUT2D eigenvalue weighted by molar-refractivity contribution is 9.11. The minimum atomic E-state index is 0.674. The summed E-state index contributed by atoms with van der Waals surface area (Å²) in [7, 11) is 0. The van der Waals surface area contributed by atoms with Crippen molar-refractivity contribution in [2.75, 3.05) is 17.6 Å². The molecule has 1 aromatic heterocycles. The molecular weight excluding hydrogens is 226 g/mol. The van der Waals surface area contributed by atoms with Crippen LogP contribution in [0.2, 0.25) is 0 Å². The number of rotatable bonds is 3. The SMILES string of the molecule is C=C(Br)CNc1ncc(N)s1. The van der Waals surface area contributed by atoms with Crippen LogP contribution in [0.4, 0.5) is 10.1 Å². The van der Waals surface area contributed by atoms with E-state index >= 15 is 0 Å². The van der Waals surface area contributed by atoms with E-state index in [2.05, 4.69) is 32.8 Å². The average molecular weight is 234 g/mol. The number of nitrogens with one attached hydrogen (secondary N) is 1. The maximum absolute atomic E-state index is 5.47. The lowest BCUT2D eigenvalue weighted by atomic mass is 10.6. The van der Waals surface area contributed by atoms with Crippen LogP contribution in [0.5, 0.6) is 0 Å². The lowest BCUT2D eigenvalue weighted by Crippen LogP contribution is -1.99. The number of hydrogen-bond acceptors (Lipinski definition) is 4. The standard InChI is InChI=1S/C6H8BrN3S/c1-4(7)2-9-6-10-3-5(8)11-6/h3H,1-2,8H2,(H,9,10). The number of hydrogen-bond donors (Lipinski definition) is 2. The summed E-state index contributed by atoms with van der Waals surface area (Å²) in [4.78, 5) is 4.01. The van der Waals surface area contributed by atoms with Crippen molar-refractivity contribution in [3.8, 4) is 0 Å². The molecule has 1 rings (SSSR count). The molecule has 1 aromatic rings. The maximum Gasteiger partial charge on any atom is 0.184 e. The van der Waals surface area contributed by atoms with Crippen LogP contribution in [-0.4, -0.2) is 11.5 Å². The molecule has 60 valence electrons. The molecule has 0 spiro atoms. The number of thiazole rings is 1. The first-order chi connectivity index (χ1) is 5.18. The zero-order valence-corrected chi connectivity index (χ0v) is 8.20. The average Bonchev–Trinajstić information content (AvgIpc) is 2.31. The summed E-state index contributed by atoms with van der Waals surface area (Å²) in [6.45, 7) is 4.35. The van der Waals surface area contributed by atoms with Crippen molar-refractivity contribution in [2.24, 2.45) is 0 Å². The summed E-state index contributed by atoms with van der Waals surface area (Å²) in [6.07, 6.45) is 1.63. The van der Waals surface area contributed by atoms with Crippen LogP contribution in [0.25, 0.3) is 0 Å². The van der Waals surface area contributed by atoms with Crippen LogP contribution in [0.1, 0.15) is 0 Å². The Morgan fingerprint density at radius 1 is 1.91 bits per heavy atom. The molecule has 0 aliphatic heterocycles. The smallest absolute Gasteiger partial charge is 0.184 e. The van der Waals surface area contributed by atoms with Gasteiger partial charge in [-0.05, 0) is 0 Å². The molecule has 0 atom stereocenters. The summed E-state index contributed by atoms with van der Waals surface area (Å²) < 4.78 is 0.895. The van der Waals surface area contributed by atoms with Crippen molar-refractivity contribution >= 4 is 37.4 Å². The van der Waals surface area contributed by atoms with Crippen molar-refractivity contribution in [1.29, 1.82) is 0 Å². The Kier molecular flexibility index (Phi) is 2.90. The van der Waals surface area contributed by atoms with Crippen molar-refractivity contribution in [3.63, 3.8) is 0 Å². The van der Waals surface area contributed by atoms with Crippen molar-refractivity contribution in [2.45, 2.75) is 0 Å². The van der Waals surface area contributed by atoms with Gasteiger partial charge in [0.1, 0.15) is 5.00 Å². The monoisotopic (exact) mass is 233 g/mol. The van der Waals surface area contributed by atoms with Gasteiger partial charge in [0.25, 0.3) is 0 Å². The molecule has 1 heterocycles. The van der Waals surface area contributed by atoms with Gasteiger partial charge in [-0.2, -0.15) is 0 Å². The Bertz CT molecular complexity index is 258. The molecule has 0 fully saturated rings. The van der Waals surface area contributed by atoms with E-state index in [1.54, 1.807) is 6.20 Å². The molecule has 0 amide bonds. The van der Waals surface area contributed by atoms with Gasteiger partial charge < -0.3 is 11.1 Å². The normalized spacial score (nSPS) is 9.55. The van der Waals surface area contributed by atoms with Crippen LogP contribution in [-0.2, 0) is 0 Å². The van der Waals surface area contributed by atoms with E-state index in [0.717, 1.165) is 9.61 Å². The first-order valence-corrected chi connectivity index (χ1v) is 4.58. The molecule has 0 aliphatic carbocycles. The Morgan fingerprint density at radius 2 is 2.64 bits per heavy atom. The number of anilines is 2. The summed E-state index contributed by atoms with van der Waals surface area (Å²) in [6, 6.07) is 0. The lowest BCUT2D eigenvalue weighted by Gasteiger charge is -1.97. The summed E-state index contributed by atoms with van der Waals surface area (Å²) in [5.41, 5.74) is 5.47. The zero-order chi connectivity index (χ0) is 8.27. The van der Waals surface area contributed by atoms with E-state index in [9.17, 15) is 0 Å². The third-order valence-electron chi connectivity index (χ3n) is 0.955. The Labute approximate surface area is 77.5 Å². The van der Waals surface area contributed by atoms with Crippen molar-refractivity contribution in [3.05, 3.63) is 17.3 Å². The molecule has 0 unspecified atom stereocenters. The van der Waals surface area contributed by atoms with Gasteiger partial charge in [0, 0.05) is 11.0 Å². The molecule has 0 saturated heterocycles. The number of nitrogen functional groups attached to an aromatic ring is 1. The number of nitrogens with zero attached hydrogens (tertiary/aromatic N) is 1. The van der Waals surface area contributed by atoms with Gasteiger partial charge in [-0.25, -0.2) is 4.98 Å². The van der Waals surface area contributed by atoms with E-state index < -0.39 is 0 Å². The predicted molar refractivity (Wildman–Crippen MR) is 53.1 cm³/mol. The molecule has 11 heavy (non-hydrogen) atoms. The van der Waals surface area contributed by atoms with E-state index in [0.29, 0.717) is 11.5 Å². The van der Waals surface area contributed by atoms with E-state index in [-0.39, 0.29) is 0 Å². The molecule has 0 saturated carbocycles. The van der Waals surface area contributed by atoms with Crippen LogP contribution in [0.15, 0.2) is 17.3 Å². The van der Waals surface area contributed by atoms with Crippen molar-refractivity contribution < 1.29 is 0 Å². The van der Waals surface area contributed by atoms with Gasteiger partial charge in [0.15, 0.2) is 5.13 Å². The van der Waals surface area contributed by atoms with Crippen LogP contribution < -0.4 is 11.1 Å². The second-order valence-corrected chi connectivity index (χ2v) is 4.12. The van der Waals surface area contributed by atoms with Crippen LogP contribution >= 0.6 is 27.3 Å². The summed E-state index contributed by atoms with van der Waals surface area (Å²) >= 11 is 4.65.